The van der Waals surface area contributed by atoms with Gasteiger partial charge in [0.15, 0.2) is 0 Å². The Bertz CT molecular complexity index is 1120. The number of carbonyl (C=O) groups is 1. The Labute approximate surface area is 161 Å². The predicted molar refractivity (Wildman–Crippen MR) is 103 cm³/mol. The van der Waals surface area contributed by atoms with E-state index in [1.54, 1.807) is 41.6 Å². The minimum Gasteiger partial charge on any atom is -0.334 e. The molecule has 0 aliphatic carbocycles. The van der Waals surface area contributed by atoms with Gasteiger partial charge < -0.3 is 14.4 Å². The number of anilines is 1. The molecule has 0 radical (unpaired) electrons. The fraction of sp³-hybridized carbons (Fsp3) is 0.150. The number of nitrogens with one attached hydrogen (secondary N) is 1. The first-order valence-corrected chi connectivity index (χ1v) is 8.72. The highest BCUT2D eigenvalue weighted by Crippen LogP contribution is 2.20. The fourth-order valence-corrected chi connectivity index (χ4v) is 2.73. The molecule has 0 bridgehead atoms. The fourth-order valence-electron chi connectivity index (χ4n) is 2.73. The highest BCUT2D eigenvalue weighted by Gasteiger charge is 2.14. The van der Waals surface area contributed by atoms with Gasteiger partial charge in [0.1, 0.15) is 12.2 Å². The standard InChI is InChI=1S/C20H18N6O2/c1-13-3-4-14(2)16(9-13)23-18(27)11-26-10-17(22-12-26)19-24-20(28-25-19)15-5-7-21-8-6-15/h3-10,12H,11H2,1-2H3,(H,23,27). The van der Waals surface area contributed by atoms with Gasteiger partial charge in [-0.05, 0) is 43.2 Å². The molecule has 140 valence electrons. The van der Waals surface area contributed by atoms with Crippen molar-refractivity contribution in [2.75, 3.05) is 5.32 Å². The number of rotatable bonds is 5. The van der Waals surface area contributed by atoms with Crippen LogP contribution in [0.3, 0.4) is 0 Å². The van der Waals surface area contributed by atoms with Crippen molar-refractivity contribution >= 4 is 11.6 Å². The van der Waals surface area contributed by atoms with Gasteiger partial charge in [0.2, 0.25) is 11.7 Å². The number of nitrogens with zero attached hydrogens (tertiary/aromatic N) is 5. The van der Waals surface area contributed by atoms with E-state index in [0.29, 0.717) is 17.4 Å². The van der Waals surface area contributed by atoms with E-state index in [-0.39, 0.29) is 12.5 Å². The third kappa shape index (κ3) is 3.80. The van der Waals surface area contributed by atoms with E-state index in [1.807, 2.05) is 32.0 Å². The molecule has 0 atom stereocenters. The lowest BCUT2D eigenvalue weighted by atomic mass is 10.1. The van der Waals surface area contributed by atoms with Crippen LogP contribution in [-0.4, -0.2) is 30.6 Å². The lowest BCUT2D eigenvalue weighted by molar-refractivity contribution is -0.116. The highest BCUT2D eigenvalue weighted by molar-refractivity contribution is 5.91. The average Bonchev–Trinajstić information content (AvgIpc) is 3.35. The Balaban J connectivity index is 1.45. The van der Waals surface area contributed by atoms with E-state index >= 15 is 0 Å². The van der Waals surface area contributed by atoms with E-state index in [4.69, 9.17) is 4.52 Å². The number of hydrogen-bond acceptors (Lipinski definition) is 6. The third-order valence-corrected chi connectivity index (χ3v) is 4.21. The lowest BCUT2D eigenvalue weighted by Gasteiger charge is -2.09. The first-order valence-electron chi connectivity index (χ1n) is 8.72. The molecule has 0 saturated carbocycles. The molecule has 1 amide bonds. The van der Waals surface area contributed by atoms with Gasteiger partial charge in [-0.2, -0.15) is 4.98 Å². The molecule has 8 nitrogen and oxygen atoms in total. The van der Waals surface area contributed by atoms with Crippen LogP contribution in [-0.2, 0) is 11.3 Å². The summed E-state index contributed by atoms with van der Waals surface area (Å²) < 4.78 is 6.96. The molecule has 4 rings (SSSR count). The van der Waals surface area contributed by atoms with Gasteiger partial charge in [0, 0.05) is 29.8 Å². The molecule has 0 aliphatic heterocycles. The quantitative estimate of drug-likeness (QED) is 0.576. The number of aryl methyl sites for hydroxylation is 2. The molecule has 4 aromatic rings. The van der Waals surface area contributed by atoms with E-state index in [1.165, 1.54) is 0 Å². The Hall–Kier alpha value is -3.81. The van der Waals surface area contributed by atoms with E-state index in [0.717, 1.165) is 22.4 Å². The molecule has 0 spiro atoms. The molecule has 1 aromatic carbocycles. The Morgan fingerprint density at radius 1 is 1.18 bits per heavy atom. The molecule has 0 aliphatic rings. The summed E-state index contributed by atoms with van der Waals surface area (Å²) in [5.41, 5.74) is 4.23. The summed E-state index contributed by atoms with van der Waals surface area (Å²) in [5, 5.41) is 6.89. The predicted octanol–water partition coefficient (Wildman–Crippen LogP) is 3.25. The van der Waals surface area contributed by atoms with Crippen molar-refractivity contribution in [3.63, 3.8) is 0 Å². The number of hydrogen-bond donors (Lipinski definition) is 1. The molecular weight excluding hydrogens is 356 g/mol. The van der Waals surface area contributed by atoms with Crippen LogP contribution >= 0.6 is 0 Å². The summed E-state index contributed by atoms with van der Waals surface area (Å²) >= 11 is 0. The highest BCUT2D eigenvalue weighted by atomic mass is 16.5. The molecule has 3 heterocycles. The van der Waals surface area contributed by atoms with E-state index in [2.05, 4.69) is 25.4 Å². The third-order valence-electron chi connectivity index (χ3n) is 4.21. The Kier molecular flexibility index (Phi) is 4.67. The summed E-state index contributed by atoms with van der Waals surface area (Å²) in [7, 11) is 0. The van der Waals surface area contributed by atoms with Crippen molar-refractivity contribution in [2.45, 2.75) is 20.4 Å². The Morgan fingerprint density at radius 2 is 2.00 bits per heavy atom. The zero-order valence-electron chi connectivity index (χ0n) is 15.5. The van der Waals surface area contributed by atoms with E-state index in [9.17, 15) is 4.79 Å². The summed E-state index contributed by atoms with van der Waals surface area (Å²) in [6, 6.07) is 9.52. The first kappa shape index (κ1) is 17.6. The van der Waals surface area contributed by atoms with Crippen LogP contribution < -0.4 is 5.32 Å². The van der Waals surface area contributed by atoms with E-state index < -0.39 is 0 Å². The van der Waals surface area contributed by atoms with Crippen molar-refractivity contribution in [2.24, 2.45) is 0 Å². The maximum Gasteiger partial charge on any atom is 0.258 e. The van der Waals surface area contributed by atoms with Crippen molar-refractivity contribution in [3.8, 4) is 23.0 Å². The molecule has 1 N–H and O–H groups in total. The minimum absolute atomic E-state index is 0.134. The van der Waals surface area contributed by atoms with Crippen LogP contribution in [0.1, 0.15) is 11.1 Å². The van der Waals surface area contributed by atoms with Crippen LogP contribution in [0.4, 0.5) is 5.69 Å². The van der Waals surface area contributed by atoms with Gasteiger partial charge >= 0.3 is 0 Å². The number of pyridine rings is 1. The molecule has 8 heteroatoms. The number of imidazole rings is 1. The van der Waals surface area contributed by atoms with Crippen LogP contribution in [0.25, 0.3) is 23.0 Å². The van der Waals surface area contributed by atoms with Gasteiger partial charge in [0.25, 0.3) is 5.89 Å². The summed E-state index contributed by atoms with van der Waals surface area (Å²) in [6.45, 7) is 4.08. The molecule has 0 saturated heterocycles. The summed E-state index contributed by atoms with van der Waals surface area (Å²) in [5.74, 6) is 0.614. The minimum atomic E-state index is -0.136. The first-order chi connectivity index (χ1) is 13.6. The largest absolute Gasteiger partial charge is 0.334 e. The molecular formula is C20H18N6O2. The van der Waals surface area contributed by atoms with Gasteiger partial charge in [-0.15, -0.1) is 0 Å². The SMILES string of the molecule is Cc1ccc(C)c(NC(=O)Cn2cnc(-c3noc(-c4ccncc4)n3)c2)c1. The zero-order chi connectivity index (χ0) is 19.5. The van der Waals surface area contributed by atoms with Crippen molar-refractivity contribution < 1.29 is 9.32 Å². The zero-order valence-corrected chi connectivity index (χ0v) is 15.5. The number of amides is 1. The number of carbonyl (C=O) groups excluding carboxylic acids is 1. The van der Waals surface area contributed by atoms with Gasteiger partial charge in [0.05, 0.1) is 6.33 Å². The van der Waals surface area contributed by atoms with Crippen LogP contribution in [0.2, 0.25) is 0 Å². The van der Waals surface area contributed by atoms with Crippen LogP contribution in [0.15, 0.2) is 59.8 Å². The van der Waals surface area contributed by atoms with Gasteiger partial charge in [-0.1, -0.05) is 17.3 Å². The topological polar surface area (TPSA) is 98.7 Å². The summed E-state index contributed by atoms with van der Waals surface area (Å²) in [4.78, 5) is 24.9. The monoisotopic (exact) mass is 374 g/mol. The summed E-state index contributed by atoms with van der Waals surface area (Å²) in [6.07, 6.45) is 6.59. The second-order valence-corrected chi connectivity index (χ2v) is 6.46. The van der Waals surface area contributed by atoms with Crippen molar-refractivity contribution in [3.05, 3.63) is 66.4 Å². The van der Waals surface area contributed by atoms with Gasteiger partial charge in [-0.25, -0.2) is 4.98 Å². The Morgan fingerprint density at radius 3 is 2.82 bits per heavy atom. The van der Waals surface area contributed by atoms with Gasteiger partial charge in [-0.3, -0.25) is 9.78 Å². The normalized spacial score (nSPS) is 10.8. The second kappa shape index (κ2) is 7.43. The lowest BCUT2D eigenvalue weighted by Crippen LogP contribution is -2.18. The molecule has 3 aromatic heterocycles. The maximum absolute atomic E-state index is 12.4. The smallest absolute Gasteiger partial charge is 0.258 e. The maximum atomic E-state index is 12.4. The number of aromatic nitrogens is 5. The van der Waals surface area contributed by atoms with Crippen LogP contribution in [0.5, 0.6) is 0 Å². The van der Waals surface area contributed by atoms with Crippen molar-refractivity contribution in [1.29, 1.82) is 0 Å². The second-order valence-electron chi connectivity index (χ2n) is 6.46. The molecule has 0 fully saturated rings. The van der Waals surface area contributed by atoms with Crippen molar-refractivity contribution in [1.82, 2.24) is 24.7 Å². The van der Waals surface area contributed by atoms with Crippen LogP contribution in [0, 0.1) is 13.8 Å². The molecule has 0 unspecified atom stereocenters. The number of benzene rings is 1. The average molecular weight is 374 g/mol. The molecule has 28 heavy (non-hydrogen) atoms.